The van der Waals surface area contributed by atoms with Gasteiger partial charge in [-0.05, 0) is 45.1 Å². The first-order valence-corrected chi connectivity index (χ1v) is 8.51. The minimum absolute atomic E-state index is 0.212. The Balaban J connectivity index is 1.95. The van der Waals surface area contributed by atoms with E-state index in [1.165, 1.54) is 40.4 Å². The van der Waals surface area contributed by atoms with Gasteiger partial charge in [-0.15, -0.1) is 0 Å². The number of hydrogen-bond acceptors (Lipinski definition) is 4. The molecule has 0 aromatic rings. The molecule has 2 fully saturated rings. The molecule has 0 N–H and O–H groups in total. The van der Waals surface area contributed by atoms with Crippen molar-refractivity contribution in [2.45, 2.75) is 58.0 Å². The van der Waals surface area contributed by atoms with Gasteiger partial charge in [-0.2, -0.15) is 0 Å². The highest BCUT2D eigenvalue weighted by Crippen LogP contribution is 2.42. The van der Waals surface area contributed by atoms with Crippen LogP contribution >= 0.6 is 0 Å². The van der Waals surface area contributed by atoms with E-state index in [1.807, 2.05) is 12.2 Å². The molecule has 0 unspecified atom stereocenters. The van der Waals surface area contributed by atoms with Crippen molar-refractivity contribution >= 4 is 12.2 Å². The average molecular weight is 320 g/mol. The highest BCUT2D eigenvalue weighted by Gasteiger charge is 2.52. The first kappa shape index (κ1) is 15.9. The van der Waals surface area contributed by atoms with E-state index < -0.39 is 12.2 Å². The van der Waals surface area contributed by atoms with Gasteiger partial charge in [0, 0.05) is 0 Å². The van der Waals surface area contributed by atoms with Crippen LogP contribution in [0.1, 0.15) is 46.0 Å². The van der Waals surface area contributed by atoms with Crippen LogP contribution in [0.5, 0.6) is 0 Å². The summed E-state index contributed by atoms with van der Waals surface area (Å²) in [5, 5.41) is 2.84. The third-order valence-corrected chi connectivity index (χ3v) is 4.65. The molecule has 3 rings (SSSR count). The largest absolute Gasteiger partial charge is 0.448 e. The molecule has 2 amide bonds. The molecule has 23 heavy (non-hydrogen) atoms. The van der Waals surface area contributed by atoms with Gasteiger partial charge in [-0.25, -0.2) is 19.6 Å². The highest BCUT2D eigenvalue weighted by molar-refractivity contribution is 5.79. The Morgan fingerprint density at radius 1 is 0.957 bits per heavy atom. The SMILES string of the molecule is CCOC(=O)N1[C@@H]2C=C[C@@H](C2=C2CCCCC2)N1C(=O)OCC. The molecule has 3 aliphatic rings. The molecule has 1 aliphatic heterocycles. The summed E-state index contributed by atoms with van der Waals surface area (Å²) in [6, 6.07) is -0.423. The second-order valence-corrected chi connectivity index (χ2v) is 5.98. The third-order valence-electron chi connectivity index (χ3n) is 4.65. The summed E-state index contributed by atoms with van der Waals surface area (Å²) in [6.45, 7) is 4.08. The molecular formula is C17H24N2O4. The lowest BCUT2D eigenvalue weighted by molar-refractivity contribution is -0.0130. The number of hydrazine groups is 1. The van der Waals surface area contributed by atoms with Crippen LogP contribution in [0, 0.1) is 0 Å². The number of fused-ring (bicyclic) bond motifs is 2. The molecule has 6 nitrogen and oxygen atoms in total. The van der Waals surface area contributed by atoms with Crippen molar-refractivity contribution in [1.29, 1.82) is 0 Å². The maximum atomic E-state index is 12.4. The molecule has 1 heterocycles. The van der Waals surface area contributed by atoms with E-state index >= 15 is 0 Å². The van der Waals surface area contributed by atoms with Crippen molar-refractivity contribution in [3.05, 3.63) is 23.3 Å². The van der Waals surface area contributed by atoms with Crippen LogP contribution in [0.15, 0.2) is 23.3 Å². The van der Waals surface area contributed by atoms with Crippen LogP contribution < -0.4 is 0 Å². The topological polar surface area (TPSA) is 59.1 Å². The van der Waals surface area contributed by atoms with Crippen LogP contribution in [-0.4, -0.2) is 47.5 Å². The van der Waals surface area contributed by atoms with Gasteiger partial charge in [0.2, 0.25) is 0 Å². The van der Waals surface area contributed by atoms with E-state index in [4.69, 9.17) is 9.47 Å². The minimum atomic E-state index is -0.494. The van der Waals surface area contributed by atoms with E-state index in [0.717, 1.165) is 12.8 Å². The van der Waals surface area contributed by atoms with E-state index in [-0.39, 0.29) is 25.3 Å². The number of ether oxygens (including phenoxy) is 2. The lowest BCUT2D eigenvalue weighted by atomic mass is 9.88. The van der Waals surface area contributed by atoms with Crippen LogP contribution in [0.2, 0.25) is 0 Å². The zero-order chi connectivity index (χ0) is 16.4. The number of hydrogen-bond donors (Lipinski definition) is 0. The van der Waals surface area contributed by atoms with Gasteiger partial charge in [0.15, 0.2) is 0 Å². The van der Waals surface area contributed by atoms with Gasteiger partial charge in [0.1, 0.15) is 0 Å². The summed E-state index contributed by atoms with van der Waals surface area (Å²) in [7, 11) is 0. The monoisotopic (exact) mass is 320 g/mol. The van der Waals surface area contributed by atoms with Gasteiger partial charge >= 0.3 is 12.2 Å². The first-order chi connectivity index (χ1) is 11.2. The average Bonchev–Trinajstić information content (AvgIpc) is 3.12. The first-order valence-electron chi connectivity index (χ1n) is 8.51. The van der Waals surface area contributed by atoms with Gasteiger partial charge in [0.25, 0.3) is 0 Å². The summed E-state index contributed by atoms with van der Waals surface area (Å²) in [4.78, 5) is 24.8. The van der Waals surface area contributed by atoms with Crippen LogP contribution in [0.25, 0.3) is 0 Å². The van der Waals surface area contributed by atoms with Crippen LogP contribution in [0.3, 0.4) is 0 Å². The predicted molar refractivity (Wildman–Crippen MR) is 84.5 cm³/mol. The van der Waals surface area contributed by atoms with Gasteiger partial charge < -0.3 is 9.47 Å². The Morgan fingerprint density at radius 2 is 1.43 bits per heavy atom. The van der Waals surface area contributed by atoms with Crippen LogP contribution in [0.4, 0.5) is 9.59 Å². The van der Waals surface area contributed by atoms with Crippen molar-refractivity contribution in [3.8, 4) is 0 Å². The molecule has 2 bridgehead atoms. The van der Waals surface area contributed by atoms with E-state index in [0.29, 0.717) is 0 Å². The summed E-state index contributed by atoms with van der Waals surface area (Å²) in [5.74, 6) is 0. The quantitative estimate of drug-likeness (QED) is 0.732. The van der Waals surface area contributed by atoms with E-state index in [1.54, 1.807) is 13.8 Å². The normalized spacial score (nSPS) is 26.0. The Hall–Kier alpha value is -1.98. The Bertz CT molecular complexity index is 511. The zero-order valence-electron chi connectivity index (χ0n) is 13.8. The number of allylic oxidation sites excluding steroid dienone is 1. The molecule has 0 aromatic heterocycles. The zero-order valence-corrected chi connectivity index (χ0v) is 13.8. The molecule has 0 aromatic carbocycles. The van der Waals surface area contributed by atoms with Crippen molar-refractivity contribution in [3.63, 3.8) is 0 Å². The lowest BCUT2D eigenvalue weighted by Crippen LogP contribution is -2.52. The second-order valence-electron chi connectivity index (χ2n) is 5.98. The maximum absolute atomic E-state index is 12.4. The number of amides is 2. The Kier molecular flexibility index (Phi) is 4.59. The summed E-state index contributed by atoms with van der Waals surface area (Å²) >= 11 is 0. The molecule has 0 spiro atoms. The number of carbonyl (C=O) groups excluding carboxylic acids is 2. The molecule has 2 aliphatic carbocycles. The van der Waals surface area contributed by atoms with Gasteiger partial charge in [-0.3, -0.25) is 0 Å². The van der Waals surface area contributed by atoms with Crippen molar-refractivity contribution in [2.24, 2.45) is 0 Å². The summed E-state index contributed by atoms with van der Waals surface area (Å²) < 4.78 is 10.3. The van der Waals surface area contributed by atoms with Crippen molar-refractivity contribution < 1.29 is 19.1 Å². The molecule has 1 saturated carbocycles. The van der Waals surface area contributed by atoms with E-state index in [9.17, 15) is 9.59 Å². The van der Waals surface area contributed by atoms with E-state index in [2.05, 4.69) is 0 Å². The smallest absolute Gasteiger partial charge is 0.429 e. The number of carbonyl (C=O) groups is 2. The predicted octanol–water partition coefficient (Wildman–Crippen LogP) is 3.40. The summed E-state index contributed by atoms with van der Waals surface area (Å²) in [6.07, 6.45) is 8.71. The number of nitrogens with zero attached hydrogens (tertiary/aromatic N) is 2. The maximum Gasteiger partial charge on any atom is 0.429 e. The Morgan fingerprint density at radius 3 is 1.87 bits per heavy atom. The molecular weight excluding hydrogens is 296 g/mol. The Labute approximate surface area is 136 Å². The molecule has 126 valence electrons. The standard InChI is InChI=1S/C17H24N2O4/c1-3-22-16(20)18-13-10-11-14(19(18)17(21)23-4-2)15(13)12-8-6-5-7-9-12/h10-11,13-14H,3-9H2,1-2H3/t13-,14+. The lowest BCUT2D eigenvalue weighted by Gasteiger charge is -2.32. The minimum Gasteiger partial charge on any atom is -0.448 e. The highest BCUT2D eigenvalue weighted by atomic mass is 16.6. The fraction of sp³-hybridized carbons (Fsp3) is 0.647. The molecule has 6 heteroatoms. The number of rotatable bonds is 2. The fourth-order valence-electron chi connectivity index (χ4n) is 3.76. The molecule has 1 saturated heterocycles. The van der Waals surface area contributed by atoms with Gasteiger partial charge in [-0.1, -0.05) is 24.1 Å². The van der Waals surface area contributed by atoms with Gasteiger partial charge in [0.05, 0.1) is 25.3 Å². The second kappa shape index (κ2) is 6.64. The van der Waals surface area contributed by atoms with Crippen molar-refractivity contribution in [1.82, 2.24) is 10.0 Å². The third kappa shape index (κ3) is 2.71. The fourth-order valence-corrected chi connectivity index (χ4v) is 3.76. The molecule has 2 atom stereocenters. The van der Waals surface area contributed by atoms with Crippen molar-refractivity contribution in [2.75, 3.05) is 13.2 Å². The molecule has 0 radical (unpaired) electrons. The van der Waals surface area contributed by atoms with Crippen LogP contribution in [-0.2, 0) is 9.47 Å². The summed E-state index contributed by atoms with van der Waals surface area (Å²) in [5.41, 5.74) is 2.56.